The van der Waals surface area contributed by atoms with Gasteiger partial charge < -0.3 is 5.32 Å². The molecule has 0 amide bonds. The monoisotopic (exact) mass is 279 g/mol. The number of rotatable bonds is 3. The number of hydrogen-bond acceptors (Lipinski definition) is 3. The van der Waals surface area contributed by atoms with Gasteiger partial charge in [-0.25, -0.2) is 14.4 Å². The quantitative estimate of drug-likeness (QED) is 0.775. The molecule has 0 atom stereocenters. The van der Waals surface area contributed by atoms with Crippen LogP contribution >= 0.6 is 0 Å². The van der Waals surface area contributed by atoms with Crippen molar-refractivity contribution in [3.63, 3.8) is 0 Å². The highest BCUT2D eigenvalue weighted by atomic mass is 19.1. The van der Waals surface area contributed by atoms with Gasteiger partial charge in [0.1, 0.15) is 11.6 Å². The summed E-state index contributed by atoms with van der Waals surface area (Å²) in [5.74, 6) is 1.01. The van der Waals surface area contributed by atoms with Crippen LogP contribution in [0.1, 0.15) is 5.69 Å². The number of hydrogen-bond donors (Lipinski definition) is 1. The lowest BCUT2D eigenvalue weighted by Crippen LogP contribution is -1.99. The van der Waals surface area contributed by atoms with Crippen LogP contribution in [-0.2, 0) is 0 Å². The van der Waals surface area contributed by atoms with E-state index >= 15 is 0 Å². The Balaban J connectivity index is 1.95. The first kappa shape index (κ1) is 13.2. The summed E-state index contributed by atoms with van der Waals surface area (Å²) in [6.45, 7) is 1.91. The Labute approximate surface area is 122 Å². The Kier molecular flexibility index (Phi) is 3.60. The van der Waals surface area contributed by atoms with Crippen molar-refractivity contribution >= 4 is 11.5 Å². The van der Waals surface area contributed by atoms with Crippen molar-refractivity contribution in [1.82, 2.24) is 9.97 Å². The minimum Gasteiger partial charge on any atom is -0.340 e. The van der Waals surface area contributed by atoms with Gasteiger partial charge in [0.05, 0.1) is 0 Å². The van der Waals surface area contributed by atoms with Crippen LogP contribution in [0.4, 0.5) is 15.9 Å². The van der Waals surface area contributed by atoms with Gasteiger partial charge in [0.15, 0.2) is 5.82 Å². The second-order valence-electron chi connectivity index (χ2n) is 4.72. The standard InChI is InChI=1S/C17H14FN3/c1-12-10-16(20-15-9-5-8-14(18)11-15)21-17(19-12)13-6-3-2-4-7-13/h2-11H,1H3,(H,19,20,21). The summed E-state index contributed by atoms with van der Waals surface area (Å²) in [6, 6.07) is 17.9. The second-order valence-corrected chi connectivity index (χ2v) is 4.72. The highest BCUT2D eigenvalue weighted by Crippen LogP contribution is 2.20. The third-order valence-corrected chi connectivity index (χ3v) is 2.98. The second kappa shape index (κ2) is 5.71. The number of halogens is 1. The third kappa shape index (κ3) is 3.23. The van der Waals surface area contributed by atoms with Gasteiger partial charge in [-0.05, 0) is 25.1 Å². The van der Waals surface area contributed by atoms with Crippen LogP contribution < -0.4 is 5.32 Å². The van der Waals surface area contributed by atoms with E-state index in [1.165, 1.54) is 12.1 Å². The fourth-order valence-electron chi connectivity index (χ4n) is 2.06. The summed E-state index contributed by atoms with van der Waals surface area (Å²) in [7, 11) is 0. The van der Waals surface area contributed by atoms with E-state index in [9.17, 15) is 4.39 Å². The number of nitrogens with one attached hydrogen (secondary N) is 1. The van der Waals surface area contributed by atoms with Gasteiger partial charge in [-0.1, -0.05) is 36.4 Å². The Hall–Kier alpha value is -2.75. The minimum absolute atomic E-state index is 0.283. The van der Waals surface area contributed by atoms with Crippen LogP contribution in [0.15, 0.2) is 60.7 Å². The molecule has 1 N–H and O–H groups in total. The SMILES string of the molecule is Cc1cc(Nc2cccc(F)c2)nc(-c2ccccc2)n1. The molecule has 3 rings (SSSR count). The van der Waals surface area contributed by atoms with E-state index in [0.717, 1.165) is 11.3 Å². The first-order valence-corrected chi connectivity index (χ1v) is 6.64. The predicted molar refractivity (Wildman–Crippen MR) is 81.9 cm³/mol. The average Bonchev–Trinajstić information content (AvgIpc) is 2.47. The Bertz CT molecular complexity index is 757. The van der Waals surface area contributed by atoms with Crippen molar-refractivity contribution in [3.05, 3.63) is 72.2 Å². The topological polar surface area (TPSA) is 37.8 Å². The van der Waals surface area contributed by atoms with Crippen LogP contribution in [0.3, 0.4) is 0 Å². The molecule has 3 aromatic rings. The van der Waals surface area contributed by atoms with E-state index in [2.05, 4.69) is 15.3 Å². The van der Waals surface area contributed by atoms with Crippen LogP contribution in [0.25, 0.3) is 11.4 Å². The van der Waals surface area contributed by atoms with Crippen LogP contribution in [0.2, 0.25) is 0 Å². The van der Waals surface area contributed by atoms with Crippen molar-refractivity contribution in [1.29, 1.82) is 0 Å². The molecule has 0 aliphatic carbocycles. The molecule has 0 spiro atoms. The summed E-state index contributed by atoms with van der Waals surface area (Å²) in [6.07, 6.45) is 0. The van der Waals surface area contributed by atoms with Gasteiger partial charge in [0.2, 0.25) is 0 Å². The average molecular weight is 279 g/mol. The molecule has 4 heteroatoms. The number of nitrogens with zero attached hydrogens (tertiary/aromatic N) is 2. The smallest absolute Gasteiger partial charge is 0.161 e. The van der Waals surface area contributed by atoms with Crippen molar-refractivity contribution in [2.24, 2.45) is 0 Å². The van der Waals surface area contributed by atoms with Crippen molar-refractivity contribution in [2.45, 2.75) is 6.92 Å². The highest BCUT2D eigenvalue weighted by Gasteiger charge is 2.05. The molecule has 104 valence electrons. The largest absolute Gasteiger partial charge is 0.340 e. The lowest BCUT2D eigenvalue weighted by molar-refractivity contribution is 0.628. The van der Waals surface area contributed by atoms with Gasteiger partial charge in [-0.2, -0.15) is 0 Å². The number of aryl methyl sites for hydroxylation is 1. The van der Waals surface area contributed by atoms with Crippen LogP contribution in [-0.4, -0.2) is 9.97 Å². The van der Waals surface area contributed by atoms with E-state index < -0.39 is 0 Å². The van der Waals surface area contributed by atoms with Gasteiger partial charge in [-0.3, -0.25) is 0 Å². The maximum Gasteiger partial charge on any atom is 0.161 e. The molecule has 3 nitrogen and oxygen atoms in total. The van der Waals surface area contributed by atoms with Crippen LogP contribution in [0, 0.1) is 12.7 Å². The van der Waals surface area contributed by atoms with Crippen LogP contribution in [0.5, 0.6) is 0 Å². The van der Waals surface area contributed by atoms with Gasteiger partial charge in [0.25, 0.3) is 0 Å². The Morgan fingerprint density at radius 2 is 1.71 bits per heavy atom. The lowest BCUT2D eigenvalue weighted by atomic mass is 10.2. The molecule has 1 heterocycles. The zero-order valence-electron chi connectivity index (χ0n) is 11.5. The van der Waals surface area contributed by atoms with Gasteiger partial charge >= 0.3 is 0 Å². The number of benzene rings is 2. The lowest BCUT2D eigenvalue weighted by Gasteiger charge is -2.08. The normalized spacial score (nSPS) is 10.4. The summed E-state index contributed by atoms with van der Waals surface area (Å²) >= 11 is 0. The molecule has 0 saturated carbocycles. The highest BCUT2D eigenvalue weighted by molar-refractivity contribution is 5.61. The maximum absolute atomic E-state index is 13.2. The summed E-state index contributed by atoms with van der Waals surface area (Å²) in [4.78, 5) is 8.92. The van der Waals surface area contributed by atoms with Crippen molar-refractivity contribution in [2.75, 3.05) is 5.32 Å². The minimum atomic E-state index is -0.283. The van der Waals surface area contributed by atoms with E-state index in [1.54, 1.807) is 12.1 Å². The molecule has 0 unspecified atom stereocenters. The van der Waals surface area contributed by atoms with E-state index in [-0.39, 0.29) is 5.82 Å². The third-order valence-electron chi connectivity index (χ3n) is 2.98. The van der Waals surface area contributed by atoms with Gasteiger partial charge in [-0.15, -0.1) is 0 Å². The number of anilines is 2. The first-order valence-electron chi connectivity index (χ1n) is 6.64. The molecule has 0 radical (unpaired) electrons. The molecule has 0 bridgehead atoms. The molecule has 0 aliphatic rings. The van der Waals surface area contributed by atoms with Gasteiger partial charge in [0, 0.05) is 23.0 Å². The molecule has 2 aromatic carbocycles. The summed E-state index contributed by atoms with van der Waals surface area (Å²) in [5.41, 5.74) is 2.46. The molecule has 0 fully saturated rings. The summed E-state index contributed by atoms with van der Waals surface area (Å²) in [5, 5.41) is 3.10. The predicted octanol–water partition coefficient (Wildman–Crippen LogP) is 4.33. The van der Waals surface area contributed by atoms with E-state index in [0.29, 0.717) is 17.3 Å². The molecule has 0 aliphatic heterocycles. The molecule has 1 aromatic heterocycles. The zero-order valence-corrected chi connectivity index (χ0v) is 11.5. The first-order chi connectivity index (χ1) is 10.2. The maximum atomic E-state index is 13.2. The Morgan fingerprint density at radius 3 is 2.48 bits per heavy atom. The van der Waals surface area contributed by atoms with E-state index in [4.69, 9.17) is 0 Å². The summed E-state index contributed by atoms with van der Waals surface area (Å²) < 4.78 is 13.2. The number of aromatic nitrogens is 2. The van der Waals surface area contributed by atoms with E-state index in [1.807, 2.05) is 43.3 Å². The fraction of sp³-hybridized carbons (Fsp3) is 0.0588. The van der Waals surface area contributed by atoms with Crippen molar-refractivity contribution < 1.29 is 4.39 Å². The molecular formula is C17H14FN3. The Morgan fingerprint density at radius 1 is 0.905 bits per heavy atom. The molecule has 21 heavy (non-hydrogen) atoms. The zero-order chi connectivity index (χ0) is 14.7. The molecular weight excluding hydrogens is 265 g/mol. The van der Waals surface area contributed by atoms with Crippen molar-refractivity contribution in [3.8, 4) is 11.4 Å². The molecule has 0 saturated heterocycles. The fourth-order valence-corrected chi connectivity index (χ4v) is 2.06.